The highest BCUT2D eigenvalue weighted by Gasteiger charge is 2.23. The molecule has 2 aromatic heterocycles. The van der Waals surface area contributed by atoms with E-state index in [2.05, 4.69) is 35.8 Å². The van der Waals surface area contributed by atoms with Gasteiger partial charge in [0, 0.05) is 17.7 Å². The van der Waals surface area contributed by atoms with Crippen molar-refractivity contribution in [3.8, 4) is 5.82 Å². The van der Waals surface area contributed by atoms with Gasteiger partial charge >= 0.3 is 0 Å². The van der Waals surface area contributed by atoms with Gasteiger partial charge in [-0.3, -0.25) is 14.9 Å². The van der Waals surface area contributed by atoms with Crippen LogP contribution in [-0.4, -0.2) is 42.4 Å². The molecular formula is C15H15N9O4. The number of amides is 1. The summed E-state index contributed by atoms with van der Waals surface area (Å²) in [6, 6.07) is 5.81. The predicted octanol–water partition coefficient (Wildman–Crippen LogP) is 0.857. The van der Waals surface area contributed by atoms with Crippen molar-refractivity contribution in [2.24, 2.45) is 5.10 Å². The molecule has 0 unspecified atom stereocenters. The van der Waals surface area contributed by atoms with Crippen molar-refractivity contribution < 1.29 is 14.3 Å². The van der Waals surface area contributed by atoms with E-state index in [-0.39, 0.29) is 23.0 Å². The molecule has 3 N–H and O–H groups in total. The van der Waals surface area contributed by atoms with E-state index in [1.165, 1.54) is 29.1 Å². The molecule has 0 bridgehead atoms. The Labute approximate surface area is 157 Å². The second kappa shape index (κ2) is 8.03. The first kappa shape index (κ1) is 18.6. The van der Waals surface area contributed by atoms with Crippen LogP contribution in [0.25, 0.3) is 5.82 Å². The third-order valence-corrected chi connectivity index (χ3v) is 3.62. The zero-order chi connectivity index (χ0) is 20.1. The summed E-state index contributed by atoms with van der Waals surface area (Å²) in [6.07, 6.45) is 2.46. The number of nitrogens with one attached hydrogen (secondary N) is 1. The van der Waals surface area contributed by atoms with Crippen molar-refractivity contribution in [1.29, 1.82) is 0 Å². The maximum Gasteiger partial charge on any atom is 0.293 e. The van der Waals surface area contributed by atoms with E-state index in [4.69, 9.17) is 5.73 Å². The van der Waals surface area contributed by atoms with Crippen LogP contribution in [0.1, 0.15) is 35.1 Å². The van der Waals surface area contributed by atoms with Gasteiger partial charge in [-0.1, -0.05) is 30.7 Å². The third kappa shape index (κ3) is 3.82. The molecule has 144 valence electrons. The van der Waals surface area contributed by atoms with Crippen LogP contribution in [0.4, 0.5) is 11.5 Å². The van der Waals surface area contributed by atoms with Gasteiger partial charge < -0.3 is 5.73 Å². The summed E-state index contributed by atoms with van der Waals surface area (Å²) in [5.74, 6) is -0.459. The molecule has 2 heterocycles. The molecule has 3 aromatic rings. The van der Waals surface area contributed by atoms with E-state index < -0.39 is 10.8 Å². The summed E-state index contributed by atoms with van der Waals surface area (Å²) in [7, 11) is 0. The number of hydrogen-bond donors (Lipinski definition) is 2. The molecule has 0 saturated carbocycles. The van der Waals surface area contributed by atoms with Gasteiger partial charge in [0.1, 0.15) is 0 Å². The van der Waals surface area contributed by atoms with Crippen molar-refractivity contribution in [1.82, 2.24) is 30.7 Å². The summed E-state index contributed by atoms with van der Waals surface area (Å²) >= 11 is 0. The van der Waals surface area contributed by atoms with Gasteiger partial charge in [0.05, 0.1) is 16.8 Å². The predicted molar refractivity (Wildman–Crippen MR) is 95.8 cm³/mol. The summed E-state index contributed by atoms with van der Waals surface area (Å²) < 4.78 is 5.84. The highest BCUT2D eigenvalue weighted by molar-refractivity contribution is 5.94. The molecule has 1 aromatic carbocycles. The molecule has 3 rings (SSSR count). The number of anilines is 1. The maximum absolute atomic E-state index is 12.4. The largest absolute Gasteiger partial charge is 0.378 e. The lowest BCUT2D eigenvalue weighted by atomic mass is 10.2. The van der Waals surface area contributed by atoms with Crippen molar-refractivity contribution in [2.75, 3.05) is 5.73 Å². The number of nitrogens with zero attached hydrogens (tertiary/aromatic N) is 7. The van der Waals surface area contributed by atoms with Crippen LogP contribution in [0, 0.1) is 10.1 Å². The van der Waals surface area contributed by atoms with Crippen molar-refractivity contribution in [3.63, 3.8) is 0 Å². The standard InChI is InChI=1S/C15H15N9O4/c1-2-4-11-12(18-22-23(11)14-13(16)20-28-21-14)15(25)19-17-8-9-5-3-6-10(7-9)24(26)27/h3,5-8H,2,4H2,1H3,(H2,16,20)(H,19,25)/b17-8+. The van der Waals surface area contributed by atoms with Crippen LogP contribution < -0.4 is 11.2 Å². The minimum absolute atomic E-state index is 0.0119. The third-order valence-electron chi connectivity index (χ3n) is 3.62. The highest BCUT2D eigenvalue weighted by atomic mass is 16.6. The summed E-state index contributed by atoms with van der Waals surface area (Å²) in [4.78, 5) is 22.7. The molecule has 13 heteroatoms. The van der Waals surface area contributed by atoms with Gasteiger partial charge in [-0.25, -0.2) is 10.1 Å². The molecule has 0 atom stereocenters. The second-order valence-electron chi connectivity index (χ2n) is 5.57. The fourth-order valence-electron chi connectivity index (χ4n) is 2.38. The van der Waals surface area contributed by atoms with Crippen LogP contribution >= 0.6 is 0 Å². The Bertz CT molecular complexity index is 1040. The Morgan fingerprint density at radius 2 is 2.29 bits per heavy atom. The summed E-state index contributed by atoms with van der Waals surface area (Å²) in [6.45, 7) is 1.92. The number of carbonyl (C=O) groups is 1. The Morgan fingerprint density at radius 3 is 2.96 bits per heavy atom. The number of benzene rings is 1. The molecule has 0 saturated heterocycles. The monoisotopic (exact) mass is 385 g/mol. The van der Waals surface area contributed by atoms with Crippen molar-refractivity contribution >= 4 is 23.6 Å². The first-order chi connectivity index (χ1) is 13.5. The van der Waals surface area contributed by atoms with Gasteiger partial charge in [-0.15, -0.1) is 5.10 Å². The van der Waals surface area contributed by atoms with Gasteiger partial charge in [-0.2, -0.15) is 9.78 Å². The SMILES string of the molecule is CCCc1c(C(=O)N/N=C/c2cccc([N+](=O)[O-])c2)nnn1-c1nonc1N. The van der Waals surface area contributed by atoms with Crippen LogP contribution in [-0.2, 0) is 6.42 Å². The number of nitrogens with two attached hydrogens (primary N) is 1. The number of aromatic nitrogens is 5. The number of hydrazone groups is 1. The van der Waals surface area contributed by atoms with E-state index in [1.807, 2.05) is 6.92 Å². The zero-order valence-electron chi connectivity index (χ0n) is 14.6. The topological polar surface area (TPSA) is 180 Å². The minimum Gasteiger partial charge on any atom is -0.378 e. The molecule has 28 heavy (non-hydrogen) atoms. The average Bonchev–Trinajstić information content (AvgIpc) is 3.28. The van der Waals surface area contributed by atoms with E-state index in [0.717, 1.165) is 0 Å². The molecule has 0 aliphatic carbocycles. The first-order valence-electron chi connectivity index (χ1n) is 8.12. The molecule has 0 spiro atoms. The smallest absolute Gasteiger partial charge is 0.293 e. The quantitative estimate of drug-likeness (QED) is 0.338. The lowest BCUT2D eigenvalue weighted by Crippen LogP contribution is -2.20. The normalized spacial score (nSPS) is 11.0. The molecule has 13 nitrogen and oxygen atoms in total. The number of nitrogen functional groups attached to an aromatic ring is 1. The average molecular weight is 385 g/mol. The van der Waals surface area contributed by atoms with Crippen LogP contribution in [0.15, 0.2) is 34.0 Å². The summed E-state index contributed by atoms with van der Waals surface area (Å²) in [5.41, 5.74) is 8.87. The van der Waals surface area contributed by atoms with Crippen LogP contribution in [0.2, 0.25) is 0 Å². The van der Waals surface area contributed by atoms with E-state index >= 15 is 0 Å². The van der Waals surface area contributed by atoms with Crippen molar-refractivity contribution in [2.45, 2.75) is 19.8 Å². The lowest BCUT2D eigenvalue weighted by Gasteiger charge is -2.03. The Morgan fingerprint density at radius 1 is 1.46 bits per heavy atom. The second-order valence-corrected chi connectivity index (χ2v) is 5.57. The molecule has 0 aliphatic heterocycles. The number of nitro groups is 1. The number of hydrogen-bond acceptors (Lipinski definition) is 10. The van der Waals surface area contributed by atoms with E-state index in [1.54, 1.807) is 6.07 Å². The fourth-order valence-corrected chi connectivity index (χ4v) is 2.38. The Balaban J connectivity index is 1.79. The van der Waals surface area contributed by atoms with E-state index in [0.29, 0.717) is 24.1 Å². The molecule has 0 aliphatic rings. The minimum atomic E-state index is -0.605. The van der Waals surface area contributed by atoms with Crippen LogP contribution in [0.5, 0.6) is 0 Å². The highest BCUT2D eigenvalue weighted by Crippen LogP contribution is 2.17. The number of non-ortho nitro benzene ring substituents is 1. The molecular weight excluding hydrogens is 370 g/mol. The Kier molecular flexibility index (Phi) is 5.34. The first-order valence-corrected chi connectivity index (χ1v) is 8.12. The fraction of sp³-hybridized carbons (Fsp3) is 0.200. The number of rotatable bonds is 7. The number of carbonyl (C=O) groups excluding carboxylic acids is 1. The molecule has 0 fully saturated rings. The van der Waals surface area contributed by atoms with Gasteiger partial charge in [0.15, 0.2) is 5.69 Å². The van der Waals surface area contributed by atoms with Gasteiger partial charge in [0.25, 0.3) is 11.6 Å². The number of nitro benzene ring substituents is 1. The van der Waals surface area contributed by atoms with Crippen LogP contribution in [0.3, 0.4) is 0 Å². The van der Waals surface area contributed by atoms with Crippen molar-refractivity contribution in [3.05, 3.63) is 51.3 Å². The zero-order valence-corrected chi connectivity index (χ0v) is 14.6. The Hall–Kier alpha value is -4.16. The lowest BCUT2D eigenvalue weighted by molar-refractivity contribution is -0.384. The molecule has 1 amide bonds. The maximum atomic E-state index is 12.4. The van der Waals surface area contributed by atoms with E-state index in [9.17, 15) is 14.9 Å². The van der Waals surface area contributed by atoms with Gasteiger partial charge in [0.2, 0.25) is 11.6 Å². The molecule has 0 radical (unpaired) electrons. The summed E-state index contributed by atoms with van der Waals surface area (Å²) in [5, 5.41) is 29.5. The van der Waals surface area contributed by atoms with Gasteiger partial charge in [-0.05, 0) is 16.7 Å².